The van der Waals surface area contributed by atoms with Gasteiger partial charge in [-0.15, -0.1) is 0 Å². The SMILES string of the molecule is COc1cc(C)c(-c2nc3ccccc3c(=O)n2N=Cc2cc(C)n(-c3ccc(OCC(=O)Nc4ccccc4F)cc3)c2C)cc1C(C)C. The molecule has 1 amide bonds. The number of aryl methyl sites for hydroxylation is 2. The molecule has 0 aliphatic rings. The van der Waals surface area contributed by atoms with E-state index in [1.807, 2.05) is 69.3 Å². The van der Waals surface area contributed by atoms with Crippen LogP contribution >= 0.6 is 0 Å². The first-order valence-electron chi connectivity index (χ1n) is 16.3. The van der Waals surface area contributed by atoms with Gasteiger partial charge < -0.3 is 19.4 Å². The molecule has 50 heavy (non-hydrogen) atoms. The van der Waals surface area contributed by atoms with Crippen molar-refractivity contribution in [2.45, 2.75) is 40.5 Å². The Hall–Kier alpha value is -6.03. The van der Waals surface area contributed by atoms with Crippen LogP contribution < -0.4 is 20.3 Å². The Morgan fingerprint density at radius 1 is 0.980 bits per heavy atom. The van der Waals surface area contributed by atoms with Crippen LogP contribution in [-0.2, 0) is 4.79 Å². The second-order valence-electron chi connectivity index (χ2n) is 12.4. The van der Waals surface area contributed by atoms with Gasteiger partial charge in [0.05, 0.1) is 29.9 Å². The number of halogens is 1. The highest BCUT2D eigenvalue weighted by Gasteiger charge is 2.19. The van der Waals surface area contributed by atoms with E-state index in [0.717, 1.165) is 45.1 Å². The molecule has 6 rings (SSSR count). The molecule has 254 valence electrons. The van der Waals surface area contributed by atoms with E-state index >= 15 is 0 Å². The third kappa shape index (κ3) is 6.78. The number of aromatic nitrogens is 3. The van der Waals surface area contributed by atoms with E-state index < -0.39 is 11.7 Å². The second kappa shape index (κ2) is 14.2. The highest BCUT2D eigenvalue weighted by atomic mass is 19.1. The van der Waals surface area contributed by atoms with Crippen molar-refractivity contribution in [3.05, 3.63) is 135 Å². The zero-order chi connectivity index (χ0) is 35.5. The number of amides is 1. The van der Waals surface area contributed by atoms with E-state index in [0.29, 0.717) is 22.5 Å². The van der Waals surface area contributed by atoms with Gasteiger partial charge in [-0.25, -0.2) is 9.37 Å². The van der Waals surface area contributed by atoms with Gasteiger partial charge in [-0.2, -0.15) is 9.78 Å². The van der Waals surface area contributed by atoms with E-state index in [-0.39, 0.29) is 23.8 Å². The molecule has 0 aliphatic carbocycles. The molecule has 0 fully saturated rings. The summed E-state index contributed by atoms with van der Waals surface area (Å²) in [5.74, 6) is 0.930. The Labute approximate surface area is 289 Å². The summed E-state index contributed by atoms with van der Waals surface area (Å²) in [5.41, 5.74) is 6.72. The van der Waals surface area contributed by atoms with Gasteiger partial charge in [-0.3, -0.25) is 9.59 Å². The maximum absolute atomic E-state index is 13.9. The van der Waals surface area contributed by atoms with E-state index in [2.05, 4.69) is 23.7 Å². The van der Waals surface area contributed by atoms with Crippen molar-refractivity contribution in [1.82, 2.24) is 14.2 Å². The molecule has 2 heterocycles. The van der Waals surface area contributed by atoms with E-state index in [4.69, 9.17) is 19.6 Å². The summed E-state index contributed by atoms with van der Waals surface area (Å²) in [6, 6.07) is 26.6. The third-order valence-electron chi connectivity index (χ3n) is 8.59. The number of ether oxygens (including phenoxy) is 2. The normalized spacial score (nSPS) is 11.4. The molecule has 0 aliphatic heterocycles. The van der Waals surface area contributed by atoms with Crippen LogP contribution in [0.3, 0.4) is 0 Å². The van der Waals surface area contributed by atoms with Gasteiger partial charge >= 0.3 is 0 Å². The number of methoxy groups -OCH3 is 1. The number of hydrogen-bond donors (Lipinski definition) is 1. The average molecular weight is 672 g/mol. The first kappa shape index (κ1) is 33.9. The van der Waals surface area contributed by atoms with E-state index in [1.165, 1.54) is 16.8 Å². The number of carbonyl (C=O) groups excluding carboxylic acids is 1. The molecule has 0 unspecified atom stereocenters. The van der Waals surface area contributed by atoms with Crippen molar-refractivity contribution in [1.29, 1.82) is 0 Å². The summed E-state index contributed by atoms with van der Waals surface area (Å²) in [4.78, 5) is 31.2. The van der Waals surface area contributed by atoms with Crippen molar-refractivity contribution in [3.63, 3.8) is 0 Å². The largest absolute Gasteiger partial charge is 0.496 e. The summed E-state index contributed by atoms with van der Waals surface area (Å²) >= 11 is 0. The molecule has 0 atom stereocenters. The predicted octanol–water partition coefficient (Wildman–Crippen LogP) is 7.95. The molecule has 0 radical (unpaired) electrons. The van der Waals surface area contributed by atoms with Crippen LogP contribution in [-0.4, -0.2) is 40.1 Å². The maximum atomic E-state index is 13.9. The monoisotopic (exact) mass is 671 g/mol. The Morgan fingerprint density at radius 2 is 1.70 bits per heavy atom. The first-order valence-corrected chi connectivity index (χ1v) is 16.3. The van der Waals surface area contributed by atoms with Crippen LogP contribution in [0.4, 0.5) is 10.1 Å². The van der Waals surface area contributed by atoms with Gasteiger partial charge in [0.25, 0.3) is 11.5 Å². The lowest BCUT2D eigenvalue weighted by atomic mass is 9.96. The minimum atomic E-state index is -0.513. The number of nitrogens with one attached hydrogen (secondary N) is 1. The van der Waals surface area contributed by atoms with Gasteiger partial charge in [0.15, 0.2) is 12.4 Å². The Bertz CT molecular complexity index is 2300. The van der Waals surface area contributed by atoms with Crippen LogP contribution in [0.5, 0.6) is 11.5 Å². The minimum Gasteiger partial charge on any atom is -0.496 e. The van der Waals surface area contributed by atoms with Gasteiger partial charge in [0.1, 0.15) is 17.3 Å². The van der Waals surface area contributed by atoms with Gasteiger partial charge in [-0.05, 0) is 105 Å². The fraction of sp³-hybridized carbons (Fsp3) is 0.200. The molecule has 0 saturated carbocycles. The highest BCUT2D eigenvalue weighted by molar-refractivity contribution is 5.92. The van der Waals surface area contributed by atoms with Gasteiger partial charge in [0.2, 0.25) is 0 Å². The summed E-state index contributed by atoms with van der Waals surface area (Å²) in [5, 5.41) is 7.74. The lowest BCUT2D eigenvalue weighted by Gasteiger charge is -2.17. The zero-order valence-corrected chi connectivity index (χ0v) is 28.8. The smallest absolute Gasteiger partial charge is 0.282 e. The zero-order valence-electron chi connectivity index (χ0n) is 28.8. The van der Waals surface area contributed by atoms with Gasteiger partial charge in [0, 0.05) is 28.2 Å². The number of fused-ring (bicyclic) bond motifs is 1. The van der Waals surface area contributed by atoms with Crippen LogP contribution in [0.25, 0.3) is 28.0 Å². The van der Waals surface area contributed by atoms with Crippen molar-refractivity contribution in [2.75, 3.05) is 19.0 Å². The minimum absolute atomic E-state index is 0.100. The van der Waals surface area contributed by atoms with Crippen molar-refractivity contribution < 1.29 is 18.7 Å². The number of benzene rings is 4. The molecule has 0 saturated heterocycles. The Balaban J connectivity index is 1.29. The topological polar surface area (TPSA) is 99.7 Å². The quantitative estimate of drug-likeness (QED) is 0.149. The summed E-state index contributed by atoms with van der Waals surface area (Å²) in [6.07, 6.45) is 1.69. The lowest BCUT2D eigenvalue weighted by molar-refractivity contribution is -0.118. The fourth-order valence-electron chi connectivity index (χ4n) is 6.00. The van der Waals surface area contributed by atoms with Crippen LogP contribution in [0.1, 0.15) is 47.8 Å². The van der Waals surface area contributed by atoms with E-state index in [1.54, 1.807) is 43.7 Å². The maximum Gasteiger partial charge on any atom is 0.282 e. The van der Waals surface area contributed by atoms with Crippen LogP contribution in [0.2, 0.25) is 0 Å². The third-order valence-corrected chi connectivity index (χ3v) is 8.59. The number of anilines is 1. The predicted molar refractivity (Wildman–Crippen MR) is 196 cm³/mol. The number of carbonyl (C=O) groups is 1. The first-order chi connectivity index (χ1) is 24.0. The summed E-state index contributed by atoms with van der Waals surface area (Å²) in [7, 11) is 1.66. The Morgan fingerprint density at radius 3 is 2.42 bits per heavy atom. The number of rotatable bonds is 10. The fourth-order valence-corrected chi connectivity index (χ4v) is 6.00. The summed E-state index contributed by atoms with van der Waals surface area (Å²) < 4.78 is 28.6. The van der Waals surface area contributed by atoms with E-state index in [9.17, 15) is 14.0 Å². The second-order valence-corrected chi connectivity index (χ2v) is 12.4. The molecule has 0 bridgehead atoms. The summed E-state index contributed by atoms with van der Waals surface area (Å²) in [6.45, 7) is 9.88. The van der Waals surface area contributed by atoms with Crippen LogP contribution in [0, 0.1) is 26.6 Å². The highest BCUT2D eigenvalue weighted by Crippen LogP contribution is 2.34. The average Bonchev–Trinajstić information content (AvgIpc) is 3.39. The number of para-hydroxylation sites is 2. The molecule has 10 heteroatoms. The van der Waals surface area contributed by atoms with Crippen LogP contribution in [0.15, 0.2) is 101 Å². The molecule has 9 nitrogen and oxygen atoms in total. The van der Waals surface area contributed by atoms with Crippen molar-refractivity contribution >= 4 is 28.7 Å². The Kier molecular flexibility index (Phi) is 9.63. The molecular weight excluding hydrogens is 633 g/mol. The van der Waals surface area contributed by atoms with Gasteiger partial charge in [-0.1, -0.05) is 38.1 Å². The molecule has 4 aromatic carbocycles. The molecule has 2 aromatic heterocycles. The molecular formula is C40H38FN5O4. The molecule has 6 aromatic rings. The standard InChI is InChI=1S/C40H38FN5O4/c1-24(2)32-21-33(25(3)19-37(32)49-6)39-44-35-13-9-7-11-31(35)40(48)46(39)42-22-28-20-26(4)45(27(28)5)29-15-17-30(18-16-29)50-23-38(47)43-36-14-10-8-12-34(36)41/h7-22,24H,23H2,1-6H3,(H,43,47). The van der Waals surface area contributed by atoms with Crippen molar-refractivity contribution in [2.24, 2.45) is 5.10 Å². The molecule has 1 N–H and O–H groups in total. The molecule has 0 spiro atoms. The van der Waals surface area contributed by atoms with Crippen molar-refractivity contribution in [3.8, 4) is 28.6 Å². The number of hydrogen-bond acceptors (Lipinski definition) is 6. The lowest BCUT2D eigenvalue weighted by Crippen LogP contribution is -2.21. The number of nitrogens with zero attached hydrogens (tertiary/aromatic N) is 4.